The van der Waals surface area contributed by atoms with Crippen LogP contribution in [0.25, 0.3) is 5.69 Å². The van der Waals surface area contributed by atoms with Gasteiger partial charge in [-0.15, -0.1) is 0 Å². The molecule has 1 aromatic heterocycles. The Morgan fingerprint density at radius 3 is 2.95 bits per heavy atom. The second-order valence-electron chi connectivity index (χ2n) is 3.88. The van der Waals surface area contributed by atoms with Gasteiger partial charge < -0.3 is 4.74 Å². The molecule has 0 spiro atoms. The lowest BCUT2D eigenvalue weighted by molar-refractivity contribution is 0.343. The zero-order chi connectivity index (χ0) is 13.7. The van der Waals surface area contributed by atoms with Crippen molar-refractivity contribution in [3.8, 4) is 11.8 Å². The molecule has 96 valence electrons. The average Bonchev–Trinajstić information content (AvgIpc) is 2.82. The number of para-hydroxylation sites is 1. The van der Waals surface area contributed by atoms with Gasteiger partial charge in [0.2, 0.25) is 0 Å². The molecule has 0 aliphatic heterocycles. The molecule has 0 atom stereocenters. The van der Waals surface area contributed by atoms with Crippen LogP contribution in [-0.4, -0.2) is 22.8 Å². The van der Waals surface area contributed by atoms with Crippen molar-refractivity contribution in [3.63, 3.8) is 0 Å². The molecule has 1 aromatic carbocycles. The number of rotatable bonds is 4. The molecule has 2 rings (SSSR count). The lowest BCUT2D eigenvalue weighted by Crippen LogP contribution is -1.98. The molecule has 0 N–H and O–H groups in total. The number of aromatic nitrogens is 2. The largest absolute Gasteiger partial charge is 0.483 e. The van der Waals surface area contributed by atoms with E-state index in [-0.39, 0.29) is 0 Å². The van der Waals surface area contributed by atoms with Crippen LogP contribution in [0.2, 0.25) is 0 Å². The SMILES string of the molecule is CCOC=Nc1c(C#N)cnn1-c1ccccc1C. The Labute approximate surface area is 111 Å². The number of benzene rings is 1. The normalized spacial score (nSPS) is 10.6. The van der Waals surface area contributed by atoms with E-state index in [1.807, 2.05) is 38.1 Å². The van der Waals surface area contributed by atoms with Gasteiger partial charge in [-0.1, -0.05) is 18.2 Å². The summed E-state index contributed by atoms with van der Waals surface area (Å²) >= 11 is 0. The standard InChI is InChI=1S/C14H14N4O/c1-3-19-10-16-14-12(8-15)9-17-18(14)13-7-5-4-6-11(13)2/h4-7,9-10H,3H2,1-2H3. The molecular weight excluding hydrogens is 240 g/mol. The van der Waals surface area contributed by atoms with Crippen LogP contribution in [0, 0.1) is 18.3 Å². The lowest BCUT2D eigenvalue weighted by atomic mass is 10.2. The second kappa shape index (κ2) is 5.83. The van der Waals surface area contributed by atoms with Crippen molar-refractivity contribution in [3.05, 3.63) is 41.6 Å². The van der Waals surface area contributed by atoms with Crippen LogP contribution in [0.1, 0.15) is 18.1 Å². The van der Waals surface area contributed by atoms with Gasteiger partial charge in [-0.2, -0.15) is 15.4 Å². The van der Waals surface area contributed by atoms with Crippen LogP contribution in [0.15, 0.2) is 35.5 Å². The Morgan fingerprint density at radius 1 is 1.47 bits per heavy atom. The number of nitriles is 1. The van der Waals surface area contributed by atoms with E-state index in [0.29, 0.717) is 18.0 Å². The predicted octanol–water partition coefficient (Wildman–Crippen LogP) is 2.75. The Bertz CT molecular complexity index is 637. The zero-order valence-corrected chi connectivity index (χ0v) is 10.9. The van der Waals surface area contributed by atoms with Crippen LogP contribution in [0.3, 0.4) is 0 Å². The van der Waals surface area contributed by atoms with Crippen molar-refractivity contribution in [1.29, 1.82) is 5.26 Å². The predicted molar refractivity (Wildman–Crippen MR) is 72.8 cm³/mol. The first-order valence-corrected chi connectivity index (χ1v) is 5.96. The van der Waals surface area contributed by atoms with Crippen molar-refractivity contribution < 1.29 is 4.74 Å². The molecule has 0 fully saturated rings. The number of aliphatic imine (C=N–C) groups is 1. The number of hydrogen-bond acceptors (Lipinski definition) is 4. The van der Waals surface area contributed by atoms with Crippen LogP contribution >= 0.6 is 0 Å². The highest BCUT2D eigenvalue weighted by molar-refractivity contribution is 5.61. The molecule has 5 nitrogen and oxygen atoms in total. The van der Waals surface area contributed by atoms with E-state index >= 15 is 0 Å². The van der Waals surface area contributed by atoms with Crippen molar-refractivity contribution in [2.45, 2.75) is 13.8 Å². The van der Waals surface area contributed by atoms with Crippen molar-refractivity contribution in [2.75, 3.05) is 6.61 Å². The molecule has 19 heavy (non-hydrogen) atoms. The van der Waals surface area contributed by atoms with Crippen molar-refractivity contribution >= 4 is 12.2 Å². The molecule has 0 aliphatic carbocycles. The quantitative estimate of drug-likeness (QED) is 0.622. The maximum absolute atomic E-state index is 9.09. The molecule has 0 unspecified atom stereocenters. The number of hydrogen-bond donors (Lipinski definition) is 0. The number of nitrogens with zero attached hydrogens (tertiary/aromatic N) is 4. The van der Waals surface area contributed by atoms with Gasteiger partial charge in [-0.25, -0.2) is 4.68 Å². The smallest absolute Gasteiger partial charge is 0.176 e. The van der Waals surface area contributed by atoms with Crippen LogP contribution in [0.4, 0.5) is 5.82 Å². The highest BCUT2D eigenvalue weighted by atomic mass is 16.5. The molecule has 0 saturated heterocycles. The van der Waals surface area contributed by atoms with E-state index in [1.54, 1.807) is 4.68 Å². The second-order valence-corrected chi connectivity index (χ2v) is 3.88. The average molecular weight is 254 g/mol. The summed E-state index contributed by atoms with van der Waals surface area (Å²) in [6, 6.07) is 9.88. The van der Waals surface area contributed by atoms with Crippen molar-refractivity contribution in [2.24, 2.45) is 4.99 Å². The molecule has 2 aromatic rings. The monoisotopic (exact) mass is 254 g/mol. The number of aryl methyl sites for hydroxylation is 1. The van der Waals surface area contributed by atoms with E-state index in [9.17, 15) is 0 Å². The first-order valence-electron chi connectivity index (χ1n) is 5.96. The summed E-state index contributed by atoms with van der Waals surface area (Å²) in [7, 11) is 0. The van der Waals surface area contributed by atoms with Gasteiger partial charge in [0.05, 0.1) is 18.5 Å². The topological polar surface area (TPSA) is 63.2 Å². The van der Waals surface area contributed by atoms with Gasteiger partial charge in [0.1, 0.15) is 11.6 Å². The van der Waals surface area contributed by atoms with E-state index in [0.717, 1.165) is 11.3 Å². The zero-order valence-electron chi connectivity index (χ0n) is 10.9. The van der Waals surface area contributed by atoms with Crippen LogP contribution in [-0.2, 0) is 4.74 Å². The summed E-state index contributed by atoms with van der Waals surface area (Å²) in [5.41, 5.74) is 2.37. The molecule has 0 radical (unpaired) electrons. The minimum Gasteiger partial charge on any atom is -0.483 e. The summed E-state index contributed by atoms with van der Waals surface area (Å²) in [5, 5.41) is 13.3. The molecule has 5 heteroatoms. The summed E-state index contributed by atoms with van der Waals surface area (Å²) in [6.45, 7) is 4.39. The van der Waals surface area contributed by atoms with E-state index in [4.69, 9.17) is 10.00 Å². The highest BCUT2D eigenvalue weighted by Gasteiger charge is 2.12. The Hall–Kier alpha value is -2.61. The van der Waals surface area contributed by atoms with Gasteiger partial charge in [0.15, 0.2) is 12.2 Å². The molecule has 0 amide bonds. The minimum atomic E-state index is 0.416. The highest BCUT2D eigenvalue weighted by Crippen LogP contribution is 2.24. The maximum atomic E-state index is 9.09. The first-order chi connectivity index (χ1) is 9.27. The van der Waals surface area contributed by atoms with Gasteiger partial charge in [-0.3, -0.25) is 0 Å². The fraction of sp³-hybridized carbons (Fsp3) is 0.214. The Morgan fingerprint density at radius 2 is 2.26 bits per heavy atom. The van der Waals surface area contributed by atoms with E-state index < -0.39 is 0 Å². The lowest BCUT2D eigenvalue weighted by Gasteiger charge is -2.07. The third-order valence-corrected chi connectivity index (χ3v) is 2.62. The summed E-state index contributed by atoms with van der Waals surface area (Å²) in [4.78, 5) is 4.17. The molecular formula is C14H14N4O. The molecule has 1 heterocycles. The number of ether oxygens (including phenoxy) is 1. The summed E-state index contributed by atoms with van der Waals surface area (Å²) in [5.74, 6) is 0.477. The summed E-state index contributed by atoms with van der Waals surface area (Å²) < 4.78 is 6.73. The Kier molecular flexibility index (Phi) is 3.94. The minimum absolute atomic E-state index is 0.416. The van der Waals surface area contributed by atoms with Gasteiger partial charge in [-0.05, 0) is 25.5 Å². The Balaban J connectivity index is 2.50. The first kappa shape index (κ1) is 12.8. The van der Waals surface area contributed by atoms with Crippen LogP contribution in [0.5, 0.6) is 0 Å². The van der Waals surface area contributed by atoms with Gasteiger partial charge >= 0.3 is 0 Å². The fourth-order valence-electron chi connectivity index (χ4n) is 1.68. The van der Waals surface area contributed by atoms with Crippen LogP contribution < -0.4 is 0 Å². The van der Waals surface area contributed by atoms with E-state index in [1.165, 1.54) is 12.6 Å². The fourth-order valence-corrected chi connectivity index (χ4v) is 1.68. The third-order valence-electron chi connectivity index (χ3n) is 2.62. The molecule has 0 bridgehead atoms. The van der Waals surface area contributed by atoms with Crippen molar-refractivity contribution in [1.82, 2.24) is 9.78 Å². The summed E-state index contributed by atoms with van der Waals surface area (Å²) in [6.07, 6.45) is 2.84. The van der Waals surface area contributed by atoms with E-state index in [2.05, 4.69) is 16.2 Å². The third kappa shape index (κ3) is 2.63. The molecule has 0 saturated carbocycles. The molecule has 0 aliphatic rings. The van der Waals surface area contributed by atoms with Gasteiger partial charge in [0.25, 0.3) is 0 Å². The maximum Gasteiger partial charge on any atom is 0.176 e. The van der Waals surface area contributed by atoms with Gasteiger partial charge in [0, 0.05) is 0 Å².